The number of rotatable bonds is 8. The van der Waals surface area contributed by atoms with Crippen molar-refractivity contribution in [3.8, 4) is 0 Å². The van der Waals surface area contributed by atoms with Crippen LogP contribution in [0.25, 0.3) is 0 Å². The van der Waals surface area contributed by atoms with E-state index < -0.39 is 21.9 Å². The van der Waals surface area contributed by atoms with E-state index in [0.29, 0.717) is 16.1 Å². The van der Waals surface area contributed by atoms with Gasteiger partial charge in [-0.1, -0.05) is 26.2 Å². The molecule has 1 amide bonds. The van der Waals surface area contributed by atoms with Gasteiger partial charge in [-0.2, -0.15) is 4.31 Å². The maximum absolute atomic E-state index is 13.1. The number of amides is 1. The van der Waals surface area contributed by atoms with Gasteiger partial charge in [-0.25, -0.2) is 13.2 Å². The van der Waals surface area contributed by atoms with Crippen LogP contribution in [0, 0.1) is 0 Å². The van der Waals surface area contributed by atoms with E-state index in [4.69, 9.17) is 4.74 Å². The van der Waals surface area contributed by atoms with Crippen molar-refractivity contribution < 1.29 is 22.7 Å². The van der Waals surface area contributed by atoms with Crippen LogP contribution in [0.2, 0.25) is 0 Å². The number of hydrogen-bond donors (Lipinski definition) is 1. The Kier molecular flexibility index (Phi) is 8.49. The van der Waals surface area contributed by atoms with Crippen molar-refractivity contribution in [3.63, 3.8) is 0 Å². The molecule has 196 valence electrons. The number of sulfonamides is 1. The molecule has 36 heavy (non-hydrogen) atoms. The highest BCUT2D eigenvalue weighted by atomic mass is 32.2. The summed E-state index contributed by atoms with van der Waals surface area (Å²) in [7, 11) is -2.00. The molecule has 4 rings (SSSR count). The van der Waals surface area contributed by atoms with Gasteiger partial charge in [0.05, 0.1) is 17.1 Å². The van der Waals surface area contributed by atoms with Crippen molar-refractivity contribution in [2.45, 2.75) is 69.9 Å². The predicted molar refractivity (Wildman–Crippen MR) is 141 cm³/mol. The fraction of sp³-hybridized carbons (Fsp3) is 0.538. The highest BCUT2D eigenvalue weighted by Gasteiger charge is 2.31. The van der Waals surface area contributed by atoms with Crippen molar-refractivity contribution in [3.05, 3.63) is 45.8 Å². The number of nitrogens with zero attached hydrogens (tertiary/aromatic N) is 2. The summed E-state index contributed by atoms with van der Waals surface area (Å²) in [5.74, 6) is -0.821. The van der Waals surface area contributed by atoms with Gasteiger partial charge < -0.3 is 10.1 Å². The lowest BCUT2D eigenvalue weighted by molar-refractivity contribution is 0.0526. The Morgan fingerprint density at radius 3 is 2.47 bits per heavy atom. The van der Waals surface area contributed by atoms with Gasteiger partial charge in [0, 0.05) is 36.6 Å². The lowest BCUT2D eigenvalue weighted by Crippen LogP contribution is -2.38. The average molecular weight is 534 g/mol. The van der Waals surface area contributed by atoms with Gasteiger partial charge in [0.1, 0.15) is 5.00 Å². The summed E-state index contributed by atoms with van der Waals surface area (Å²) in [6, 6.07) is 6.02. The molecule has 1 N–H and O–H groups in total. The molecule has 0 spiro atoms. The minimum absolute atomic E-state index is 0.0153. The highest BCUT2D eigenvalue weighted by Crippen LogP contribution is 2.38. The topological polar surface area (TPSA) is 96.0 Å². The SMILES string of the molecule is CCOC(=O)c1c(NC(=O)c2ccc(S(=O)(=O)N(C)C3CCCCC3)cc2)sc2c1CCN(CC)C2. The van der Waals surface area contributed by atoms with Crippen LogP contribution in [-0.2, 0) is 27.7 Å². The van der Waals surface area contributed by atoms with Crippen LogP contribution >= 0.6 is 11.3 Å². The van der Waals surface area contributed by atoms with E-state index in [-0.39, 0.29) is 17.5 Å². The molecule has 1 aliphatic carbocycles. The molecule has 2 heterocycles. The molecule has 2 aliphatic rings. The molecule has 0 radical (unpaired) electrons. The summed E-state index contributed by atoms with van der Waals surface area (Å²) in [6.45, 7) is 6.62. The number of carbonyl (C=O) groups is 2. The Morgan fingerprint density at radius 2 is 1.83 bits per heavy atom. The maximum atomic E-state index is 13.1. The number of thiophene rings is 1. The molecule has 1 aromatic carbocycles. The van der Waals surface area contributed by atoms with Crippen molar-refractivity contribution in [1.82, 2.24) is 9.21 Å². The van der Waals surface area contributed by atoms with Crippen molar-refractivity contribution in [2.75, 3.05) is 32.1 Å². The van der Waals surface area contributed by atoms with E-state index in [1.807, 2.05) is 0 Å². The molecule has 2 aromatic rings. The molecule has 1 aromatic heterocycles. The standard InChI is InChI=1S/C26H35N3O5S2/c1-4-29-16-15-21-22(17-29)35-25(23(21)26(31)34-5-2)27-24(30)18-11-13-20(14-12-18)36(32,33)28(3)19-9-7-6-8-10-19/h11-14,19H,4-10,15-17H2,1-3H3,(H,27,30). The fourth-order valence-corrected chi connectivity index (χ4v) is 7.68. The van der Waals surface area contributed by atoms with Crippen LogP contribution in [0.4, 0.5) is 5.00 Å². The quantitative estimate of drug-likeness (QED) is 0.502. The van der Waals surface area contributed by atoms with Crippen LogP contribution < -0.4 is 5.32 Å². The second-order valence-electron chi connectivity index (χ2n) is 9.34. The third kappa shape index (κ3) is 5.51. The zero-order chi connectivity index (χ0) is 25.9. The smallest absolute Gasteiger partial charge is 0.341 e. The van der Waals surface area contributed by atoms with Gasteiger partial charge in [0.25, 0.3) is 5.91 Å². The van der Waals surface area contributed by atoms with Crippen LogP contribution in [0.1, 0.15) is 77.1 Å². The normalized spacial score (nSPS) is 17.1. The van der Waals surface area contributed by atoms with Crippen LogP contribution in [0.3, 0.4) is 0 Å². The number of fused-ring (bicyclic) bond motifs is 1. The predicted octanol–water partition coefficient (Wildman–Crippen LogP) is 4.51. The van der Waals surface area contributed by atoms with Crippen LogP contribution in [0.5, 0.6) is 0 Å². The number of hydrogen-bond acceptors (Lipinski definition) is 7. The van der Waals surface area contributed by atoms with E-state index in [1.165, 1.54) is 39.9 Å². The first-order valence-corrected chi connectivity index (χ1v) is 14.9. The summed E-state index contributed by atoms with van der Waals surface area (Å²) < 4.78 is 33.0. The van der Waals surface area contributed by atoms with Gasteiger partial charge in [0.2, 0.25) is 10.0 Å². The van der Waals surface area contributed by atoms with Crippen LogP contribution in [0.15, 0.2) is 29.2 Å². The summed E-state index contributed by atoms with van der Waals surface area (Å²) >= 11 is 1.41. The molecule has 0 unspecified atom stereocenters. The molecule has 0 bridgehead atoms. The number of likely N-dealkylation sites (N-methyl/N-ethyl adjacent to an activating group) is 1. The van der Waals surface area contributed by atoms with Gasteiger partial charge in [-0.15, -0.1) is 11.3 Å². The molecule has 0 saturated heterocycles. The highest BCUT2D eigenvalue weighted by molar-refractivity contribution is 7.89. The summed E-state index contributed by atoms with van der Waals surface area (Å²) in [4.78, 5) is 29.4. The Hall–Kier alpha value is -2.27. The number of benzene rings is 1. The Morgan fingerprint density at radius 1 is 1.14 bits per heavy atom. The van der Waals surface area contributed by atoms with Gasteiger partial charge in [-0.3, -0.25) is 9.69 Å². The van der Waals surface area contributed by atoms with Crippen molar-refractivity contribution in [1.29, 1.82) is 0 Å². The Balaban J connectivity index is 1.53. The van der Waals surface area contributed by atoms with Crippen molar-refractivity contribution in [2.24, 2.45) is 0 Å². The van der Waals surface area contributed by atoms with Crippen LogP contribution in [-0.4, -0.2) is 62.3 Å². The summed E-state index contributed by atoms with van der Waals surface area (Å²) in [5.41, 5.74) is 1.71. The zero-order valence-corrected chi connectivity index (χ0v) is 22.8. The first kappa shape index (κ1) is 26.8. The zero-order valence-electron chi connectivity index (χ0n) is 21.2. The molecule has 10 heteroatoms. The van der Waals surface area contributed by atoms with E-state index >= 15 is 0 Å². The first-order valence-electron chi connectivity index (χ1n) is 12.7. The largest absolute Gasteiger partial charge is 0.462 e. The molecule has 1 aliphatic heterocycles. The van der Waals surface area contributed by atoms with Crippen molar-refractivity contribution >= 4 is 38.2 Å². The third-order valence-corrected chi connectivity index (χ3v) is 10.2. The molecular weight excluding hydrogens is 498 g/mol. The van der Waals surface area contributed by atoms with Gasteiger partial charge in [-0.05, 0) is 62.6 Å². The second-order valence-corrected chi connectivity index (χ2v) is 12.4. The second kappa shape index (κ2) is 11.4. The summed E-state index contributed by atoms with van der Waals surface area (Å²) in [5, 5.41) is 3.37. The lowest BCUT2D eigenvalue weighted by Gasteiger charge is -2.30. The number of ether oxygens (including phenoxy) is 1. The average Bonchev–Trinajstić information content (AvgIpc) is 3.25. The van der Waals surface area contributed by atoms with E-state index in [1.54, 1.807) is 14.0 Å². The molecular formula is C26H35N3O5S2. The monoisotopic (exact) mass is 533 g/mol. The minimum atomic E-state index is -3.64. The Labute approximate surface area is 217 Å². The first-order chi connectivity index (χ1) is 17.3. The molecule has 8 nitrogen and oxygen atoms in total. The molecule has 0 atom stereocenters. The number of nitrogens with one attached hydrogen (secondary N) is 1. The number of anilines is 1. The van der Waals surface area contributed by atoms with Gasteiger partial charge >= 0.3 is 5.97 Å². The summed E-state index contributed by atoms with van der Waals surface area (Å²) in [6.07, 6.45) is 5.71. The minimum Gasteiger partial charge on any atom is -0.462 e. The third-order valence-electron chi connectivity index (χ3n) is 7.17. The Bertz CT molecular complexity index is 1200. The fourth-order valence-electron chi connectivity index (χ4n) is 4.99. The van der Waals surface area contributed by atoms with Gasteiger partial charge in [0.15, 0.2) is 0 Å². The number of carbonyl (C=O) groups excluding carboxylic acids is 2. The van der Waals surface area contributed by atoms with E-state index in [9.17, 15) is 18.0 Å². The molecule has 1 fully saturated rings. The lowest BCUT2D eigenvalue weighted by atomic mass is 9.96. The number of esters is 1. The maximum Gasteiger partial charge on any atom is 0.341 e. The molecule has 1 saturated carbocycles. The van der Waals surface area contributed by atoms with E-state index in [0.717, 1.165) is 68.6 Å². The van der Waals surface area contributed by atoms with E-state index in [2.05, 4.69) is 17.1 Å².